The Labute approximate surface area is 166 Å². The minimum absolute atomic E-state index is 0.131. The van der Waals surface area contributed by atoms with Crippen molar-refractivity contribution in [2.24, 2.45) is 0 Å². The molecule has 1 N–H and O–H groups in total. The highest BCUT2D eigenvalue weighted by Crippen LogP contribution is 2.26. The highest BCUT2D eigenvalue weighted by molar-refractivity contribution is 7.14. The molecule has 3 rings (SSSR count). The van der Waals surface area contributed by atoms with Crippen LogP contribution >= 0.6 is 22.7 Å². The van der Waals surface area contributed by atoms with Crippen LogP contribution in [0, 0.1) is 0 Å². The van der Waals surface area contributed by atoms with Crippen molar-refractivity contribution in [1.29, 1.82) is 0 Å². The molecule has 140 valence electrons. The lowest BCUT2D eigenvalue weighted by atomic mass is 10.0. The minimum Gasteiger partial charge on any atom is -0.454 e. The summed E-state index contributed by atoms with van der Waals surface area (Å²) >= 11 is 2.90. The van der Waals surface area contributed by atoms with Crippen molar-refractivity contribution in [3.63, 3.8) is 0 Å². The van der Waals surface area contributed by atoms with Crippen LogP contribution in [-0.4, -0.2) is 22.5 Å². The third kappa shape index (κ3) is 5.02. The molecule has 0 bridgehead atoms. The topological polar surface area (TPSA) is 64.1 Å². The molecular weight excluding hydrogens is 378 g/mol. The zero-order valence-electron chi connectivity index (χ0n) is 15.3. The van der Waals surface area contributed by atoms with Gasteiger partial charge in [0.25, 0.3) is 0 Å². The summed E-state index contributed by atoms with van der Waals surface area (Å²) in [6, 6.07) is 8.41. The van der Waals surface area contributed by atoms with Gasteiger partial charge in [0, 0.05) is 22.9 Å². The summed E-state index contributed by atoms with van der Waals surface area (Å²) in [6.07, 6.45) is 1.73. The van der Waals surface area contributed by atoms with Gasteiger partial charge in [0.15, 0.2) is 10.8 Å². The zero-order valence-corrected chi connectivity index (χ0v) is 16.9. The lowest BCUT2D eigenvalue weighted by molar-refractivity contribution is 0.0462. The molecule has 0 aliphatic rings. The average Bonchev–Trinajstić information content (AvgIpc) is 3.34. The zero-order chi connectivity index (χ0) is 19.2. The maximum Gasteiger partial charge on any atom is 0.358 e. The van der Waals surface area contributed by atoms with Crippen molar-refractivity contribution < 1.29 is 9.53 Å². The molecule has 7 heteroatoms. The van der Waals surface area contributed by atoms with E-state index in [9.17, 15) is 4.79 Å². The van der Waals surface area contributed by atoms with Crippen molar-refractivity contribution in [2.45, 2.75) is 26.4 Å². The number of rotatable bonds is 8. The van der Waals surface area contributed by atoms with Gasteiger partial charge >= 0.3 is 5.97 Å². The first kappa shape index (κ1) is 19.3. The molecule has 0 fully saturated rings. The number of aromatic nitrogens is 2. The van der Waals surface area contributed by atoms with Crippen molar-refractivity contribution in [2.75, 3.05) is 11.9 Å². The number of thiazole rings is 2. The van der Waals surface area contributed by atoms with Crippen molar-refractivity contribution in [3.8, 4) is 10.6 Å². The summed E-state index contributed by atoms with van der Waals surface area (Å²) in [5, 5.41) is 8.22. The fraction of sp³-hybridized carbons (Fsp3) is 0.250. The van der Waals surface area contributed by atoms with E-state index in [-0.39, 0.29) is 6.61 Å². The molecule has 0 aliphatic heterocycles. The molecule has 3 aromatic rings. The summed E-state index contributed by atoms with van der Waals surface area (Å²) in [6.45, 7) is 8.71. The SMILES string of the molecule is C=CCNc1nc(C(=O)OCc2csc(-c3ccc(C(C)C)cc3)n2)cs1. The van der Waals surface area contributed by atoms with E-state index < -0.39 is 5.97 Å². The van der Waals surface area contributed by atoms with Gasteiger partial charge in [-0.25, -0.2) is 14.8 Å². The van der Waals surface area contributed by atoms with Gasteiger partial charge in [-0.1, -0.05) is 44.2 Å². The molecule has 0 amide bonds. The third-order valence-electron chi connectivity index (χ3n) is 3.84. The van der Waals surface area contributed by atoms with Gasteiger partial charge < -0.3 is 10.1 Å². The number of carbonyl (C=O) groups is 1. The predicted octanol–water partition coefficient (Wildman–Crippen LogP) is 5.34. The molecule has 1 aromatic carbocycles. The van der Waals surface area contributed by atoms with Gasteiger partial charge in [-0.3, -0.25) is 0 Å². The Morgan fingerprint density at radius 1 is 1.22 bits per heavy atom. The van der Waals surface area contributed by atoms with Crippen LogP contribution in [0.15, 0.2) is 47.7 Å². The molecule has 0 saturated heterocycles. The molecule has 0 aliphatic carbocycles. The molecule has 2 aromatic heterocycles. The number of ether oxygens (including phenoxy) is 1. The Hall–Kier alpha value is -2.51. The molecule has 27 heavy (non-hydrogen) atoms. The molecule has 0 spiro atoms. The van der Waals surface area contributed by atoms with E-state index in [1.165, 1.54) is 16.9 Å². The van der Waals surface area contributed by atoms with Crippen LogP contribution < -0.4 is 5.32 Å². The van der Waals surface area contributed by atoms with E-state index in [0.717, 1.165) is 16.3 Å². The monoisotopic (exact) mass is 399 g/mol. The number of hydrogen-bond acceptors (Lipinski definition) is 7. The second-order valence-corrected chi connectivity index (χ2v) is 7.92. The molecule has 2 heterocycles. The molecular formula is C20H21N3O2S2. The fourth-order valence-electron chi connectivity index (χ4n) is 2.34. The Morgan fingerprint density at radius 3 is 2.70 bits per heavy atom. The normalized spacial score (nSPS) is 10.8. The quantitative estimate of drug-likeness (QED) is 0.409. The van der Waals surface area contributed by atoms with E-state index in [1.54, 1.807) is 22.8 Å². The van der Waals surface area contributed by atoms with E-state index in [1.807, 2.05) is 5.38 Å². The van der Waals surface area contributed by atoms with E-state index in [4.69, 9.17) is 4.74 Å². The number of carbonyl (C=O) groups excluding carboxylic acids is 1. The van der Waals surface area contributed by atoms with Crippen LogP contribution in [0.3, 0.4) is 0 Å². The maximum atomic E-state index is 12.1. The Kier molecular flexibility index (Phi) is 6.36. The van der Waals surface area contributed by atoms with Crippen LogP contribution in [0.4, 0.5) is 5.13 Å². The molecule has 0 radical (unpaired) electrons. The van der Waals surface area contributed by atoms with E-state index in [2.05, 4.69) is 60.0 Å². The largest absolute Gasteiger partial charge is 0.454 e. The number of nitrogens with zero attached hydrogens (tertiary/aromatic N) is 2. The van der Waals surface area contributed by atoms with Crippen molar-refractivity contribution in [3.05, 3.63) is 64.6 Å². The first-order valence-corrected chi connectivity index (χ1v) is 10.3. The number of benzene rings is 1. The second-order valence-electron chi connectivity index (χ2n) is 6.20. The van der Waals surface area contributed by atoms with Gasteiger partial charge in [-0.2, -0.15) is 0 Å². The van der Waals surface area contributed by atoms with Crippen molar-refractivity contribution in [1.82, 2.24) is 9.97 Å². The smallest absolute Gasteiger partial charge is 0.358 e. The molecule has 0 unspecified atom stereocenters. The van der Waals surface area contributed by atoms with Crippen LogP contribution in [0.1, 0.15) is 41.5 Å². The summed E-state index contributed by atoms with van der Waals surface area (Å²) in [4.78, 5) is 20.9. The molecule has 0 atom stereocenters. The summed E-state index contributed by atoms with van der Waals surface area (Å²) in [5.41, 5.74) is 3.40. The number of esters is 1. The standard InChI is InChI=1S/C20H21N3O2S2/c1-4-9-21-20-23-17(12-27-20)19(24)25-10-16-11-26-18(22-16)15-7-5-14(6-8-15)13(2)3/h4-8,11-13H,1,9-10H2,2-3H3,(H,21,23). The highest BCUT2D eigenvalue weighted by Gasteiger charge is 2.13. The van der Waals surface area contributed by atoms with Crippen LogP contribution in [0.2, 0.25) is 0 Å². The Bertz CT molecular complexity index is 913. The van der Waals surface area contributed by atoms with Gasteiger partial charge in [0.1, 0.15) is 11.6 Å². The van der Waals surface area contributed by atoms with Crippen LogP contribution in [0.5, 0.6) is 0 Å². The van der Waals surface area contributed by atoms with Crippen LogP contribution in [0.25, 0.3) is 10.6 Å². The molecule has 0 saturated carbocycles. The third-order valence-corrected chi connectivity index (χ3v) is 5.58. The fourth-order valence-corrected chi connectivity index (χ4v) is 3.84. The minimum atomic E-state index is -0.450. The molecule has 5 nitrogen and oxygen atoms in total. The number of hydrogen-bond donors (Lipinski definition) is 1. The lowest BCUT2D eigenvalue weighted by Gasteiger charge is -2.05. The predicted molar refractivity (Wildman–Crippen MR) is 112 cm³/mol. The van der Waals surface area contributed by atoms with Gasteiger partial charge in [0.2, 0.25) is 0 Å². The van der Waals surface area contributed by atoms with Crippen molar-refractivity contribution >= 4 is 33.8 Å². The van der Waals surface area contributed by atoms with Gasteiger partial charge in [0.05, 0.1) is 5.69 Å². The summed E-state index contributed by atoms with van der Waals surface area (Å²) in [7, 11) is 0. The Balaban J connectivity index is 1.58. The number of anilines is 1. The highest BCUT2D eigenvalue weighted by atomic mass is 32.1. The summed E-state index contributed by atoms with van der Waals surface area (Å²) in [5.74, 6) is 0.0530. The first-order valence-electron chi connectivity index (χ1n) is 8.59. The Morgan fingerprint density at radius 2 is 2.00 bits per heavy atom. The second kappa shape index (κ2) is 8.92. The van der Waals surface area contributed by atoms with E-state index in [0.29, 0.717) is 23.3 Å². The van der Waals surface area contributed by atoms with Gasteiger partial charge in [-0.15, -0.1) is 29.3 Å². The lowest BCUT2D eigenvalue weighted by Crippen LogP contribution is -2.06. The van der Waals surface area contributed by atoms with E-state index >= 15 is 0 Å². The summed E-state index contributed by atoms with van der Waals surface area (Å²) < 4.78 is 5.33. The maximum absolute atomic E-state index is 12.1. The van der Waals surface area contributed by atoms with Gasteiger partial charge in [-0.05, 0) is 11.5 Å². The number of nitrogens with one attached hydrogen (secondary N) is 1. The first-order chi connectivity index (χ1) is 13.1. The average molecular weight is 400 g/mol. The van der Waals surface area contributed by atoms with Crippen LogP contribution in [-0.2, 0) is 11.3 Å².